The zero-order valence-electron chi connectivity index (χ0n) is 7.68. The van der Waals surface area contributed by atoms with Gasteiger partial charge in [0.25, 0.3) is 0 Å². The van der Waals surface area contributed by atoms with Crippen LogP contribution in [-0.2, 0) is 0 Å². The summed E-state index contributed by atoms with van der Waals surface area (Å²) in [6, 6.07) is 0. The fourth-order valence-electron chi connectivity index (χ4n) is 1.92. The number of quaternary nitrogens is 1. The van der Waals surface area contributed by atoms with Crippen LogP contribution in [0.1, 0.15) is 38.5 Å². The van der Waals surface area contributed by atoms with E-state index in [4.69, 9.17) is 0 Å². The Morgan fingerprint density at radius 3 is 2.75 bits per heavy atom. The van der Waals surface area contributed by atoms with Gasteiger partial charge < -0.3 is 0 Å². The summed E-state index contributed by atoms with van der Waals surface area (Å²) in [6.45, 7) is 0. The van der Waals surface area contributed by atoms with Gasteiger partial charge in [0.15, 0.2) is 0 Å². The minimum absolute atomic E-state index is 0.696. The monoisotopic (exact) mass is 233 g/mol. The summed E-state index contributed by atoms with van der Waals surface area (Å²) < 4.78 is 4.17. The molecule has 0 aromatic rings. The maximum absolute atomic E-state index is 2.39. The van der Waals surface area contributed by atoms with Crippen molar-refractivity contribution >= 4 is 15.2 Å². The SMILES string of the molecule is CN1[NH2+][Se]C2=C1CCCCCC2. The van der Waals surface area contributed by atoms with E-state index in [0.717, 1.165) is 0 Å². The molecule has 0 aromatic heterocycles. The molecule has 12 heavy (non-hydrogen) atoms. The molecular weight excluding hydrogens is 215 g/mol. The van der Waals surface area contributed by atoms with Crippen LogP contribution in [0.25, 0.3) is 0 Å². The van der Waals surface area contributed by atoms with Gasteiger partial charge in [0.2, 0.25) is 0 Å². The molecule has 0 unspecified atom stereocenters. The molecule has 2 N–H and O–H groups in total. The van der Waals surface area contributed by atoms with Gasteiger partial charge in [-0.2, -0.15) is 0 Å². The molecule has 2 aliphatic rings. The molecule has 1 aliphatic heterocycles. The zero-order chi connectivity index (χ0) is 8.39. The molecule has 68 valence electrons. The van der Waals surface area contributed by atoms with Gasteiger partial charge in [-0.1, -0.05) is 0 Å². The fraction of sp³-hybridized carbons (Fsp3) is 0.778. The summed E-state index contributed by atoms with van der Waals surface area (Å²) >= 11 is 0.696. The molecule has 0 saturated heterocycles. The van der Waals surface area contributed by atoms with E-state index in [0.29, 0.717) is 15.2 Å². The molecule has 0 radical (unpaired) electrons. The van der Waals surface area contributed by atoms with Gasteiger partial charge >= 0.3 is 80.4 Å². The van der Waals surface area contributed by atoms with Crippen molar-refractivity contribution in [2.24, 2.45) is 0 Å². The summed E-state index contributed by atoms with van der Waals surface area (Å²) in [6.07, 6.45) is 8.46. The average molecular weight is 232 g/mol. The molecule has 0 saturated carbocycles. The third kappa shape index (κ3) is 1.68. The average Bonchev–Trinajstić information content (AvgIpc) is 2.31. The molecule has 3 heteroatoms. The molecule has 2 nitrogen and oxygen atoms in total. The first-order chi connectivity index (χ1) is 5.88. The van der Waals surface area contributed by atoms with Crippen LogP contribution in [0.4, 0.5) is 0 Å². The van der Waals surface area contributed by atoms with Crippen molar-refractivity contribution in [3.8, 4) is 0 Å². The van der Waals surface area contributed by atoms with Crippen molar-refractivity contribution in [3.63, 3.8) is 0 Å². The number of nitrogens with two attached hydrogens (primary N) is 1. The van der Waals surface area contributed by atoms with E-state index >= 15 is 0 Å². The summed E-state index contributed by atoms with van der Waals surface area (Å²) in [7, 11) is 2.21. The summed E-state index contributed by atoms with van der Waals surface area (Å²) in [5.41, 5.74) is 1.66. The molecule has 2 rings (SSSR count). The van der Waals surface area contributed by atoms with Crippen LogP contribution in [0, 0.1) is 0 Å². The minimum atomic E-state index is 0.696. The van der Waals surface area contributed by atoms with Gasteiger partial charge in [0.1, 0.15) is 0 Å². The quantitative estimate of drug-likeness (QED) is 0.479. The van der Waals surface area contributed by atoms with Gasteiger partial charge in [-0.15, -0.1) is 0 Å². The van der Waals surface area contributed by atoms with E-state index in [-0.39, 0.29) is 0 Å². The standard InChI is InChI=1S/C9H16N2Se/c1-11-8-6-4-2-3-5-7-9(8)12-10-11/h10H,2-7H2,1H3/p+1. The Labute approximate surface area is 80.7 Å². The van der Waals surface area contributed by atoms with E-state index in [1.165, 1.54) is 38.5 Å². The van der Waals surface area contributed by atoms with Crippen LogP contribution >= 0.6 is 0 Å². The number of nitrogens with zero attached hydrogens (tertiary/aromatic N) is 1. The predicted octanol–water partition coefficient (Wildman–Crippen LogP) is 0.595. The molecule has 0 spiro atoms. The Bertz CT molecular complexity index is 201. The molecule has 0 atom stereocenters. The van der Waals surface area contributed by atoms with Crippen molar-refractivity contribution in [1.82, 2.24) is 5.01 Å². The van der Waals surface area contributed by atoms with E-state index < -0.39 is 0 Å². The normalized spacial score (nSPS) is 25.2. The molecule has 0 bridgehead atoms. The van der Waals surface area contributed by atoms with Gasteiger partial charge in [-0.3, -0.25) is 0 Å². The van der Waals surface area contributed by atoms with Gasteiger partial charge in [-0.25, -0.2) is 0 Å². The first-order valence-corrected chi connectivity index (χ1v) is 6.67. The number of hydrogen-bond acceptors (Lipinski definition) is 1. The van der Waals surface area contributed by atoms with Gasteiger partial charge in [0, 0.05) is 0 Å². The second kappa shape index (κ2) is 3.82. The Hall–Kier alpha value is 0.0195. The number of allylic oxidation sites excluding steroid dienone is 2. The van der Waals surface area contributed by atoms with E-state index in [2.05, 4.69) is 16.5 Å². The summed E-state index contributed by atoms with van der Waals surface area (Å²) in [5, 5.41) is 2.38. The van der Waals surface area contributed by atoms with E-state index in [1.54, 1.807) is 10.2 Å². The second-order valence-electron chi connectivity index (χ2n) is 3.62. The Morgan fingerprint density at radius 2 is 1.92 bits per heavy atom. The van der Waals surface area contributed by atoms with Crippen molar-refractivity contribution in [3.05, 3.63) is 10.2 Å². The first kappa shape index (κ1) is 8.61. The number of rotatable bonds is 0. The van der Waals surface area contributed by atoms with Crippen LogP contribution in [-0.4, -0.2) is 27.2 Å². The van der Waals surface area contributed by atoms with E-state index in [9.17, 15) is 0 Å². The third-order valence-corrected chi connectivity index (χ3v) is 5.07. The molecule has 0 fully saturated rings. The maximum atomic E-state index is 2.39. The molecule has 1 aliphatic carbocycles. The Kier molecular flexibility index (Phi) is 2.74. The molecule has 1 heterocycles. The first-order valence-electron chi connectivity index (χ1n) is 4.83. The van der Waals surface area contributed by atoms with Crippen molar-refractivity contribution < 1.29 is 4.44 Å². The number of hydrogen-bond donors (Lipinski definition) is 1. The van der Waals surface area contributed by atoms with Gasteiger partial charge in [0.05, 0.1) is 0 Å². The molecular formula is C9H17N2Se+. The summed E-state index contributed by atoms with van der Waals surface area (Å²) in [5.74, 6) is 0. The van der Waals surface area contributed by atoms with Crippen molar-refractivity contribution in [1.29, 1.82) is 0 Å². The van der Waals surface area contributed by atoms with Crippen LogP contribution in [0.2, 0.25) is 0 Å². The summed E-state index contributed by atoms with van der Waals surface area (Å²) in [4.78, 5) is 0. The van der Waals surface area contributed by atoms with E-state index in [1.807, 2.05) is 0 Å². The Balaban J connectivity index is 2.10. The zero-order valence-corrected chi connectivity index (χ0v) is 9.39. The third-order valence-electron chi connectivity index (χ3n) is 2.67. The van der Waals surface area contributed by atoms with Crippen molar-refractivity contribution in [2.45, 2.75) is 38.5 Å². The predicted molar refractivity (Wildman–Crippen MR) is 50.2 cm³/mol. The molecule has 0 amide bonds. The van der Waals surface area contributed by atoms with Crippen molar-refractivity contribution in [2.75, 3.05) is 7.05 Å². The molecule has 0 aromatic carbocycles. The second-order valence-corrected chi connectivity index (χ2v) is 5.59. The van der Waals surface area contributed by atoms with Crippen LogP contribution in [0.15, 0.2) is 10.2 Å². The van der Waals surface area contributed by atoms with Gasteiger partial charge in [-0.05, 0) is 0 Å². The fourth-order valence-corrected chi connectivity index (χ4v) is 4.14. The van der Waals surface area contributed by atoms with Crippen LogP contribution in [0.5, 0.6) is 0 Å². The topological polar surface area (TPSA) is 19.9 Å². The van der Waals surface area contributed by atoms with Crippen LogP contribution < -0.4 is 4.44 Å². The Morgan fingerprint density at radius 1 is 1.17 bits per heavy atom. The van der Waals surface area contributed by atoms with Crippen LogP contribution in [0.3, 0.4) is 0 Å².